The predicted molar refractivity (Wildman–Crippen MR) is 143 cm³/mol. The van der Waals surface area contributed by atoms with Gasteiger partial charge in [0.05, 0.1) is 0 Å². The molecule has 1 heterocycles. The first-order valence-corrected chi connectivity index (χ1v) is 14.5. The molecule has 0 aromatic heterocycles. The Labute approximate surface area is 218 Å². The highest BCUT2D eigenvalue weighted by atomic mass is 16.4. The van der Waals surface area contributed by atoms with Crippen molar-refractivity contribution < 1.29 is 24.3 Å². The van der Waals surface area contributed by atoms with E-state index in [1.807, 2.05) is 4.90 Å². The second-order valence-corrected chi connectivity index (χ2v) is 10.2. The third kappa shape index (κ3) is 18.2. The van der Waals surface area contributed by atoms with Gasteiger partial charge in [-0.2, -0.15) is 0 Å². The molecule has 1 rings (SSSR count). The quantitative estimate of drug-likeness (QED) is 0.133. The van der Waals surface area contributed by atoms with Crippen molar-refractivity contribution in [3.8, 4) is 0 Å². The number of carboxylic acids is 1. The molecule has 0 atom stereocenters. The topological polar surface area (TPSA) is 116 Å². The summed E-state index contributed by atoms with van der Waals surface area (Å²) in [5.74, 6) is -0.458. The van der Waals surface area contributed by atoms with E-state index >= 15 is 0 Å². The van der Waals surface area contributed by atoms with Gasteiger partial charge >= 0.3 is 5.97 Å². The Morgan fingerprint density at radius 2 is 1.17 bits per heavy atom. The lowest BCUT2D eigenvalue weighted by Crippen LogP contribution is -2.44. The third-order valence-electron chi connectivity index (χ3n) is 7.09. The normalized spacial score (nSPS) is 13.9. The van der Waals surface area contributed by atoms with Crippen LogP contribution in [-0.2, 0) is 19.2 Å². The summed E-state index contributed by atoms with van der Waals surface area (Å²) in [4.78, 5) is 47.0. The number of piperidine rings is 1. The number of nitrogens with one attached hydrogen (secondary N) is 2. The molecule has 1 saturated heterocycles. The van der Waals surface area contributed by atoms with Gasteiger partial charge in [-0.3, -0.25) is 19.2 Å². The second-order valence-electron chi connectivity index (χ2n) is 10.2. The molecule has 0 saturated carbocycles. The summed E-state index contributed by atoms with van der Waals surface area (Å²) in [6.07, 6.45) is 20.8. The summed E-state index contributed by atoms with van der Waals surface area (Å²) < 4.78 is 0. The minimum atomic E-state index is -0.684. The van der Waals surface area contributed by atoms with Crippen molar-refractivity contribution >= 4 is 24.2 Å². The van der Waals surface area contributed by atoms with Gasteiger partial charge in [0.1, 0.15) is 0 Å². The number of likely N-dealkylation sites (tertiary alicyclic amines) is 1. The van der Waals surface area contributed by atoms with Gasteiger partial charge in [-0.1, -0.05) is 77.0 Å². The van der Waals surface area contributed by atoms with Crippen molar-refractivity contribution in [1.29, 1.82) is 0 Å². The Kier molecular flexibility index (Phi) is 19.6. The number of carbonyl (C=O) groups is 4. The summed E-state index contributed by atoms with van der Waals surface area (Å²) in [6, 6.07) is 0.182. The number of aliphatic carboxylic acids is 1. The van der Waals surface area contributed by atoms with Gasteiger partial charge in [0.25, 0.3) is 0 Å². The minimum Gasteiger partial charge on any atom is -0.481 e. The molecule has 8 nitrogen and oxygen atoms in total. The van der Waals surface area contributed by atoms with Crippen LogP contribution in [-0.4, -0.2) is 59.9 Å². The molecule has 0 spiro atoms. The van der Waals surface area contributed by atoms with Crippen LogP contribution in [0.1, 0.15) is 128 Å². The molecule has 36 heavy (non-hydrogen) atoms. The van der Waals surface area contributed by atoms with Crippen LogP contribution in [0.2, 0.25) is 0 Å². The molecule has 0 aromatic rings. The van der Waals surface area contributed by atoms with E-state index in [9.17, 15) is 19.2 Å². The third-order valence-corrected chi connectivity index (χ3v) is 7.09. The molecule has 0 unspecified atom stereocenters. The number of amides is 3. The summed E-state index contributed by atoms with van der Waals surface area (Å²) in [7, 11) is 0. The largest absolute Gasteiger partial charge is 0.481 e. The SMILES string of the molecule is O=CNC1CCN(C(=O)CCCNC(=O)CCCCCCCCCCCCCCCCC(=O)O)CC1. The molecular weight excluding hydrogens is 458 g/mol. The Balaban J connectivity index is 1.80. The van der Waals surface area contributed by atoms with E-state index in [-0.39, 0.29) is 17.9 Å². The van der Waals surface area contributed by atoms with Gasteiger partial charge in [-0.25, -0.2) is 0 Å². The maximum Gasteiger partial charge on any atom is 0.303 e. The molecular formula is C28H51N3O5. The Morgan fingerprint density at radius 3 is 1.64 bits per heavy atom. The molecule has 3 N–H and O–H groups in total. The number of hydrogen-bond acceptors (Lipinski definition) is 4. The molecule has 8 heteroatoms. The van der Waals surface area contributed by atoms with Crippen LogP contribution < -0.4 is 10.6 Å². The van der Waals surface area contributed by atoms with Gasteiger partial charge < -0.3 is 20.6 Å². The number of nitrogens with zero attached hydrogens (tertiary/aromatic N) is 1. The van der Waals surface area contributed by atoms with Crippen molar-refractivity contribution in [1.82, 2.24) is 15.5 Å². The summed E-state index contributed by atoms with van der Waals surface area (Å²) >= 11 is 0. The van der Waals surface area contributed by atoms with E-state index < -0.39 is 5.97 Å². The Hall–Kier alpha value is -2.12. The van der Waals surface area contributed by atoms with Crippen LogP contribution in [0.15, 0.2) is 0 Å². The fourth-order valence-corrected chi connectivity index (χ4v) is 4.79. The van der Waals surface area contributed by atoms with E-state index in [1.165, 1.54) is 57.8 Å². The zero-order valence-corrected chi connectivity index (χ0v) is 22.4. The maximum absolute atomic E-state index is 12.3. The lowest BCUT2D eigenvalue weighted by Gasteiger charge is -2.31. The highest BCUT2D eigenvalue weighted by Crippen LogP contribution is 2.14. The van der Waals surface area contributed by atoms with Gasteiger partial charge in [-0.15, -0.1) is 0 Å². The zero-order chi connectivity index (χ0) is 26.3. The first-order valence-electron chi connectivity index (χ1n) is 14.5. The van der Waals surface area contributed by atoms with E-state index in [0.29, 0.717) is 45.3 Å². The Bertz CT molecular complexity index is 606. The molecule has 1 aliphatic heterocycles. The Morgan fingerprint density at radius 1 is 0.694 bits per heavy atom. The minimum absolute atomic E-state index is 0.0880. The molecule has 1 aliphatic rings. The lowest BCUT2D eigenvalue weighted by atomic mass is 10.0. The van der Waals surface area contributed by atoms with Crippen LogP contribution in [0.4, 0.5) is 0 Å². The summed E-state index contributed by atoms with van der Waals surface area (Å²) in [5, 5.41) is 14.3. The van der Waals surface area contributed by atoms with E-state index in [2.05, 4.69) is 10.6 Å². The van der Waals surface area contributed by atoms with Crippen LogP contribution in [0.25, 0.3) is 0 Å². The van der Waals surface area contributed by atoms with Crippen LogP contribution in [0.5, 0.6) is 0 Å². The van der Waals surface area contributed by atoms with E-state index in [0.717, 1.165) is 51.4 Å². The first kappa shape index (κ1) is 31.9. The van der Waals surface area contributed by atoms with Crippen molar-refractivity contribution in [3.63, 3.8) is 0 Å². The predicted octanol–water partition coefficient (Wildman–Crippen LogP) is 4.95. The van der Waals surface area contributed by atoms with Gasteiger partial charge in [0, 0.05) is 44.9 Å². The smallest absolute Gasteiger partial charge is 0.303 e. The van der Waals surface area contributed by atoms with E-state index in [4.69, 9.17) is 5.11 Å². The number of rotatable bonds is 23. The zero-order valence-electron chi connectivity index (χ0n) is 22.4. The molecule has 1 fully saturated rings. The summed E-state index contributed by atoms with van der Waals surface area (Å²) in [5.41, 5.74) is 0. The van der Waals surface area contributed by atoms with Crippen LogP contribution in [0, 0.1) is 0 Å². The molecule has 0 radical (unpaired) electrons. The molecule has 3 amide bonds. The van der Waals surface area contributed by atoms with Gasteiger partial charge in [0.15, 0.2) is 0 Å². The van der Waals surface area contributed by atoms with Crippen LogP contribution in [0.3, 0.4) is 0 Å². The number of carbonyl (C=O) groups excluding carboxylic acids is 3. The van der Waals surface area contributed by atoms with E-state index in [1.54, 1.807) is 0 Å². The van der Waals surface area contributed by atoms with Crippen molar-refractivity contribution in [2.24, 2.45) is 0 Å². The second kappa shape index (κ2) is 22.1. The molecule has 0 bridgehead atoms. The van der Waals surface area contributed by atoms with Crippen molar-refractivity contribution in [2.75, 3.05) is 19.6 Å². The average molecular weight is 510 g/mol. The van der Waals surface area contributed by atoms with Crippen LogP contribution >= 0.6 is 0 Å². The maximum atomic E-state index is 12.3. The van der Waals surface area contributed by atoms with Gasteiger partial charge in [-0.05, 0) is 32.1 Å². The lowest BCUT2D eigenvalue weighted by molar-refractivity contribution is -0.137. The molecule has 0 aromatic carbocycles. The van der Waals surface area contributed by atoms with Crippen molar-refractivity contribution in [3.05, 3.63) is 0 Å². The number of hydrogen-bond donors (Lipinski definition) is 3. The standard InChI is InChI=1S/C28H51N3O5/c32-24-30-25-19-22-31(23-20-25)27(34)17-15-21-29-26(33)16-13-11-9-7-5-3-1-2-4-6-8-10-12-14-18-28(35)36/h24-25H,1-23H2,(H,29,33)(H,30,32)(H,35,36). The number of carboxylic acid groups (broad SMARTS) is 1. The number of unbranched alkanes of at least 4 members (excludes halogenated alkanes) is 13. The fourth-order valence-electron chi connectivity index (χ4n) is 4.79. The average Bonchev–Trinajstić information content (AvgIpc) is 2.86. The monoisotopic (exact) mass is 509 g/mol. The van der Waals surface area contributed by atoms with Crippen molar-refractivity contribution in [2.45, 2.75) is 134 Å². The molecule has 0 aliphatic carbocycles. The highest BCUT2D eigenvalue weighted by Gasteiger charge is 2.21. The molecule has 208 valence electrons. The first-order chi connectivity index (χ1) is 17.5. The summed E-state index contributed by atoms with van der Waals surface area (Å²) in [6.45, 7) is 1.93. The van der Waals surface area contributed by atoms with Gasteiger partial charge in [0.2, 0.25) is 18.2 Å². The highest BCUT2D eigenvalue weighted by molar-refractivity contribution is 5.77. The fraction of sp³-hybridized carbons (Fsp3) is 0.857.